The first-order valence-corrected chi connectivity index (χ1v) is 11.0. The first kappa shape index (κ1) is 21.6. The van der Waals surface area contributed by atoms with Gasteiger partial charge in [-0.1, -0.05) is 39.5 Å². The number of nitrogens with zero attached hydrogens (tertiary/aromatic N) is 4. The van der Waals surface area contributed by atoms with E-state index in [2.05, 4.69) is 35.8 Å². The second-order valence-electron chi connectivity index (χ2n) is 8.32. The molecule has 2 aromatic heterocycles. The average Bonchev–Trinajstić information content (AvgIpc) is 3.12. The van der Waals surface area contributed by atoms with E-state index in [1.807, 2.05) is 16.8 Å². The van der Waals surface area contributed by atoms with Gasteiger partial charge in [-0.3, -0.25) is 9.36 Å². The Kier molecular flexibility index (Phi) is 7.47. The van der Waals surface area contributed by atoms with Gasteiger partial charge in [0.05, 0.1) is 5.39 Å². The summed E-state index contributed by atoms with van der Waals surface area (Å²) in [4.78, 5) is 23.3. The molecule has 7 heteroatoms. The molecule has 2 aromatic rings. The Morgan fingerprint density at radius 2 is 2.14 bits per heavy atom. The van der Waals surface area contributed by atoms with Gasteiger partial charge >= 0.3 is 5.97 Å². The molecule has 29 heavy (non-hydrogen) atoms. The van der Waals surface area contributed by atoms with Crippen molar-refractivity contribution in [3.05, 3.63) is 18.6 Å². The van der Waals surface area contributed by atoms with E-state index < -0.39 is 0 Å². The minimum atomic E-state index is -0.142. The lowest BCUT2D eigenvalue weighted by Gasteiger charge is -2.40. The molecule has 0 aromatic carbocycles. The van der Waals surface area contributed by atoms with Crippen LogP contribution in [0, 0.1) is 5.92 Å². The van der Waals surface area contributed by atoms with Crippen LogP contribution in [0.25, 0.3) is 11.0 Å². The fraction of sp³-hybridized carbons (Fsp3) is 0.682. The number of nitrogens with two attached hydrogens (primary N) is 1. The topological polar surface area (TPSA) is 86.3 Å². The van der Waals surface area contributed by atoms with Gasteiger partial charge in [-0.2, -0.15) is 0 Å². The van der Waals surface area contributed by atoms with E-state index in [0.29, 0.717) is 18.4 Å². The normalized spacial score (nSPS) is 19.7. The Labute approximate surface area is 173 Å². The highest BCUT2D eigenvalue weighted by molar-refractivity contribution is 5.88. The van der Waals surface area contributed by atoms with Gasteiger partial charge in [0, 0.05) is 31.7 Å². The number of aromatic nitrogens is 3. The van der Waals surface area contributed by atoms with Crippen molar-refractivity contribution in [2.75, 3.05) is 11.9 Å². The summed E-state index contributed by atoms with van der Waals surface area (Å²) in [5.74, 6) is 1.37. The summed E-state index contributed by atoms with van der Waals surface area (Å²) in [5, 5.41) is 0.970. The van der Waals surface area contributed by atoms with Crippen molar-refractivity contribution < 1.29 is 9.53 Å². The molecule has 3 rings (SSSR count). The SMILES string of the molecule is CCCCC(CC)CCC(=O)OCn1ccc2c(N(C)C3CC(N)C3)ncnc21. The first-order valence-electron chi connectivity index (χ1n) is 11.0. The lowest BCUT2D eigenvalue weighted by atomic mass is 9.86. The third kappa shape index (κ3) is 5.26. The van der Waals surface area contributed by atoms with Crippen molar-refractivity contribution in [2.24, 2.45) is 11.7 Å². The fourth-order valence-electron chi connectivity index (χ4n) is 4.08. The Balaban J connectivity index is 1.57. The largest absolute Gasteiger partial charge is 0.444 e. The maximum absolute atomic E-state index is 12.2. The quantitative estimate of drug-likeness (QED) is 0.576. The summed E-state index contributed by atoms with van der Waals surface area (Å²) < 4.78 is 7.39. The van der Waals surface area contributed by atoms with E-state index in [1.54, 1.807) is 6.33 Å². The molecular weight excluding hydrogens is 366 g/mol. The molecule has 0 spiro atoms. The first-order chi connectivity index (χ1) is 14.0. The minimum absolute atomic E-state index is 0.142. The second kappa shape index (κ2) is 10.1. The van der Waals surface area contributed by atoms with E-state index in [9.17, 15) is 4.79 Å². The molecule has 7 nitrogen and oxygen atoms in total. The molecule has 0 amide bonds. The van der Waals surface area contributed by atoms with E-state index in [0.717, 1.165) is 42.5 Å². The standard InChI is InChI=1S/C22H35N5O2/c1-4-6-7-16(5-2)8-9-20(28)29-15-27-11-10-19-21(24-14-25-22(19)27)26(3)18-12-17(23)13-18/h10-11,14,16-18H,4-9,12-13,15,23H2,1-3H3. The lowest BCUT2D eigenvalue weighted by Crippen LogP contribution is -2.49. The van der Waals surface area contributed by atoms with Gasteiger partial charge in [-0.25, -0.2) is 9.97 Å². The molecule has 1 unspecified atom stereocenters. The number of hydrogen-bond donors (Lipinski definition) is 1. The molecule has 1 atom stereocenters. The molecule has 0 aliphatic heterocycles. The lowest BCUT2D eigenvalue weighted by molar-refractivity contribution is -0.147. The van der Waals surface area contributed by atoms with Gasteiger partial charge in [0.2, 0.25) is 0 Å². The summed E-state index contributed by atoms with van der Waals surface area (Å²) in [5.41, 5.74) is 6.72. The molecular formula is C22H35N5O2. The van der Waals surface area contributed by atoms with Crippen LogP contribution < -0.4 is 10.6 Å². The monoisotopic (exact) mass is 401 g/mol. The number of hydrogen-bond acceptors (Lipinski definition) is 6. The maximum atomic E-state index is 12.2. The number of anilines is 1. The van der Waals surface area contributed by atoms with Crippen LogP contribution in [-0.4, -0.2) is 39.6 Å². The van der Waals surface area contributed by atoms with Crippen molar-refractivity contribution in [3.63, 3.8) is 0 Å². The molecule has 1 fully saturated rings. The zero-order chi connectivity index (χ0) is 20.8. The number of rotatable bonds is 11. The summed E-state index contributed by atoms with van der Waals surface area (Å²) in [6, 6.07) is 2.70. The van der Waals surface area contributed by atoms with Crippen molar-refractivity contribution in [1.29, 1.82) is 0 Å². The number of fused-ring (bicyclic) bond motifs is 1. The third-order valence-corrected chi connectivity index (χ3v) is 6.23. The van der Waals surface area contributed by atoms with Crippen LogP contribution in [0.3, 0.4) is 0 Å². The fourth-order valence-corrected chi connectivity index (χ4v) is 4.08. The second-order valence-corrected chi connectivity index (χ2v) is 8.32. The summed E-state index contributed by atoms with van der Waals surface area (Å²) >= 11 is 0. The highest BCUT2D eigenvalue weighted by Gasteiger charge is 2.31. The van der Waals surface area contributed by atoms with Gasteiger partial charge in [-0.15, -0.1) is 0 Å². The Hall–Kier alpha value is -2.15. The van der Waals surface area contributed by atoms with Gasteiger partial charge in [-0.05, 0) is 31.2 Å². The summed E-state index contributed by atoms with van der Waals surface area (Å²) in [6.45, 7) is 4.59. The van der Waals surface area contributed by atoms with Gasteiger partial charge in [0.1, 0.15) is 17.8 Å². The molecule has 0 saturated heterocycles. The van der Waals surface area contributed by atoms with E-state index in [1.165, 1.54) is 19.3 Å². The molecule has 2 N–H and O–H groups in total. The van der Waals surface area contributed by atoms with Crippen LogP contribution in [0.5, 0.6) is 0 Å². The number of unbranched alkanes of at least 4 members (excludes halogenated alkanes) is 1. The van der Waals surface area contributed by atoms with Crippen LogP contribution in [0.2, 0.25) is 0 Å². The van der Waals surface area contributed by atoms with Gasteiger partial charge in [0.25, 0.3) is 0 Å². The highest BCUT2D eigenvalue weighted by Crippen LogP contribution is 2.30. The van der Waals surface area contributed by atoms with E-state index in [-0.39, 0.29) is 18.7 Å². The average molecular weight is 402 g/mol. The molecule has 1 saturated carbocycles. The number of carbonyl (C=O) groups is 1. The van der Waals surface area contributed by atoms with Crippen LogP contribution in [0.1, 0.15) is 65.2 Å². The number of carbonyl (C=O) groups excluding carboxylic acids is 1. The number of ether oxygens (including phenoxy) is 1. The van der Waals surface area contributed by atoms with Crippen LogP contribution in [0.4, 0.5) is 5.82 Å². The van der Waals surface area contributed by atoms with E-state index in [4.69, 9.17) is 10.5 Å². The summed E-state index contributed by atoms with van der Waals surface area (Å²) in [7, 11) is 2.05. The van der Waals surface area contributed by atoms with Crippen molar-refractivity contribution in [3.8, 4) is 0 Å². The molecule has 0 radical (unpaired) electrons. The van der Waals surface area contributed by atoms with Crippen LogP contribution >= 0.6 is 0 Å². The zero-order valence-corrected chi connectivity index (χ0v) is 18.0. The van der Waals surface area contributed by atoms with Gasteiger partial charge in [0.15, 0.2) is 6.73 Å². The highest BCUT2D eigenvalue weighted by atomic mass is 16.5. The Morgan fingerprint density at radius 1 is 1.34 bits per heavy atom. The van der Waals surface area contributed by atoms with Crippen LogP contribution in [0.15, 0.2) is 18.6 Å². The number of esters is 1. The third-order valence-electron chi connectivity index (χ3n) is 6.23. The predicted octanol–water partition coefficient (Wildman–Crippen LogP) is 3.85. The van der Waals surface area contributed by atoms with E-state index >= 15 is 0 Å². The molecule has 2 heterocycles. The van der Waals surface area contributed by atoms with Crippen molar-refractivity contribution >= 4 is 22.8 Å². The zero-order valence-electron chi connectivity index (χ0n) is 18.0. The Bertz CT molecular complexity index is 800. The molecule has 1 aliphatic carbocycles. The molecule has 0 bridgehead atoms. The van der Waals surface area contributed by atoms with Crippen LogP contribution in [-0.2, 0) is 16.3 Å². The Morgan fingerprint density at radius 3 is 2.83 bits per heavy atom. The summed E-state index contributed by atoms with van der Waals surface area (Å²) in [6.07, 6.45) is 11.6. The van der Waals surface area contributed by atoms with Crippen molar-refractivity contribution in [1.82, 2.24) is 14.5 Å². The maximum Gasteiger partial charge on any atom is 0.307 e. The minimum Gasteiger partial charge on any atom is -0.444 e. The molecule has 1 aliphatic rings. The predicted molar refractivity (Wildman–Crippen MR) is 116 cm³/mol. The van der Waals surface area contributed by atoms with Gasteiger partial charge < -0.3 is 15.4 Å². The molecule has 160 valence electrons. The van der Waals surface area contributed by atoms with Crippen molar-refractivity contribution in [2.45, 2.75) is 84.0 Å². The smallest absolute Gasteiger partial charge is 0.307 e.